The van der Waals surface area contributed by atoms with Gasteiger partial charge >= 0.3 is 0 Å². The summed E-state index contributed by atoms with van der Waals surface area (Å²) < 4.78 is 2.19. The molecule has 0 amide bonds. The molecule has 0 saturated carbocycles. The maximum Gasteiger partial charge on any atom is 0.0998 e. The van der Waals surface area contributed by atoms with E-state index >= 15 is 0 Å². The number of benzene rings is 8. The summed E-state index contributed by atoms with van der Waals surface area (Å²) in [4.78, 5) is 0. The first kappa shape index (κ1) is 29.7. The number of aromatic nitrogens is 1. The largest absolute Gasteiger partial charge is 0.309 e. The van der Waals surface area contributed by atoms with Crippen LogP contribution in [0.25, 0.3) is 82.4 Å². The molecule has 0 aliphatic carbocycles. The molecule has 0 spiro atoms. The molecular formula is C47H26N4. The number of hydrogen-bond acceptors (Lipinski definition) is 3. The lowest BCUT2D eigenvalue weighted by Crippen LogP contribution is -2.00. The fourth-order valence-corrected chi connectivity index (χ4v) is 7.78. The van der Waals surface area contributed by atoms with E-state index in [1.54, 1.807) is 0 Å². The van der Waals surface area contributed by atoms with Crippen LogP contribution in [0.15, 0.2) is 158 Å². The highest BCUT2D eigenvalue weighted by atomic mass is 15.0. The van der Waals surface area contributed by atoms with E-state index in [1.165, 1.54) is 5.56 Å². The lowest BCUT2D eigenvalue weighted by molar-refractivity contribution is 1.18. The second-order valence-electron chi connectivity index (χ2n) is 12.6. The van der Waals surface area contributed by atoms with Gasteiger partial charge in [-0.2, -0.15) is 15.8 Å². The average molecular weight is 647 g/mol. The molecule has 0 N–H and O–H groups in total. The molecule has 51 heavy (non-hydrogen) atoms. The molecule has 0 unspecified atom stereocenters. The van der Waals surface area contributed by atoms with Crippen LogP contribution < -0.4 is 0 Å². The molecule has 1 heterocycles. The zero-order valence-electron chi connectivity index (χ0n) is 27.3. The molecule has 0 fully saturated rings. The van der Waals surface area contributed by atoms with Crippen molar-refractivity contribution in [3.63, 3.8) is 0 Å². The van der Waals surface area contributed by atoms with Gasteiger partial charge in [-0.1, -0.05) is 109 Å². The summed E-state index contributed by atoms with van der Waals surface area (Å²) in [7, 11) is 0. The predicted octanol–water partition coefficient (Wildman–Crippen LogP) is 11.7. The van der Waals surface area contributed by atoms with Gasteiger partial charge in [0.2, 0.25) is 0 Å². The second-order valence-corrected chi connectivity index (χ2v) is 12.6. The number of nitrogens with zero attached hydrogens (tertiary/aromatic N) is 4. The van der Waals surface area contributed by atoms with Gasteiger partial charge in [0.05, 0.1) is 51.6 Å². The Bertz CT molecular complexity index is 2870. The van der Waals surface area contributed by atoms with Crippen molar-refractivity contribution >= 4 is 43.4 Å². The highest BCUT2D eigenvalue weighted by Gasteiger charge is 2.23. The van der Waals surface area contributed by atoms with Crippen LogP contribution in [0.2, 0.25) is 0 Å². The highest BCUT2D eigenvalue weighted by molar-refractivity contribution is 6.23. The van der Waals surface area contributed by atoms with E-state index in [9.17, 15) is 15.8 Å². The maximum atomic E-state index is 10.7. The Kier molecular flexibility index (Phi) is 6.93. The molecule has 234 valence electrons. The van der Waals surface area contributed by atoms with Crippen LogP contribution in [0.5, 0.6) is 0 Å². The molecule has 4 nitrogen and oxygen atoms in total. The number of rotatable bonds is 4. The Morgan fingerprint density at radius 3 is 1.45 bits per heavy atom. The lowest BCUT2D eigenvalue weighted by atomic mass is 9.82. The number of para-hydroxylation sites is 1. The highest BCUT2D eigenvalue weighted by Crippen LogP contribution is 2.48. The Hall–Kier alpha value is -7.45. The lowest BCUT2D eigenvalue weighted by Gasteiger charge is -2.22. The topological polar surface area (TPSA) is 76.3 Å². The van der Waals surface area contributed by atoms with E-state index in [1.807, 2.05) is 66.7 Å². The van der Waals surface area contributed by atoms with E-state index in [-0.39, 0.29) is 0 Å². The third kappa shape index (κ3) is 4.58. The molecular weight excluding hydrogens is 621 g/mol. The molecule has 9 aromatic rings. The summed E-state index contributed by atoms with van der Waals surface area (Å²) in [5, 5.41) is 36.6. The van der Waals surface area contributed by atoms with Crippen LogP contribution >= 0.6 is 0 Å². The van der Waals surface area contributed by atoms with Crippen LogP contribution in [0, 0.1) is 34.0 Å². The van der Waals surface area contributed by atoms with Gasteiger partial charge < -0.3 is 4.57 Å². The van der Waals surface area contributed by atoms with Crippen molar-refractivity contribution in [1.29, 1.82) is 15.8 Å². The third-order valence-corrected chi connectivity index (χ3v) is 9.89. The number of fused-ring (bicyclic) bond motifs is 5. The van der Waals surface area contributed by atoms with Crippen LogP contribution in [0.4, 0.5) is 0 Å². The summed E-state index contributed by atoms with van der Waals surface area (Å²) in [5.41, 5.74) is 10.5. The van der Waals surface area contributed by atoms with E-state index < -0.39 is 0 Å². The molecule has 1 aromatic heterocycles. The first-order valence-electron chi connectivity index (χ1n) is 16.7. The molecule has 0 radical (unpaired) electrons. The monoisotopic (exact) mass is 646 g/mol. The van der Waals surface area contributed by atoms with Gasteiger partial charge in [0.25, 0.3) is 0 Å². The smallest absolute Gasteiger partial charge is 0.0998 e. The fourth-order valence-electron chi connectivity index (χ4n) is 7.78. The van der Waals surface area contributed by atoms with Crippen molar-refractivity contribution in [1.82, 2.24) is 4.57 Å². The molecule has 4 heteroatoms. The Labute approximate surface area is 294 Å². The van der Waals surface area contributed by atoms with Crippen molar-refractivity contribution in [2.24, 2.45) is 0 Å². The van der Waals surface area contributed by atoms with Gasteiger partial charge in [-0.3, -0.25) is 0 Å². The predicted molar refractivity (Wildman–Crippen MR) is 206 cm³/mol. The van der Waals surface area contributed by atoms with Gasteiger partial charge in [0.15, 0.2) is 0 Å². The van der Waals surface area contributed by atoms with E-state index in [2.05, 4.69) is 114 Å². The number of nitriles is 3. The molecule has 0 bridgehead atoms. The summed E-state index contributed by atoms with van der Waals surface area (Å²) in [6.45, 7) is 0. The number of hydrogen-bond donors (Lipinski definition) is 0. The molecule has 0 atom stereocenters. The quantitative estimate of drug-likeness (QED) is 0.179. The zero-order valence-corrected chi connectivity index (χ0v) is 27.3. The second kappa shape index (κ2) is 11.9. The zero-order chi connectivity index (χ0) is 34.5. The summed E-state index contributed by atoms with van der Waals surface area (Å²) in [6.07, 6.45) is 0. The Morgan fingerprint density at radius 2 is 0.882 bits per heavy atom. The molecule has 9 rings (SSSR count). The molecule has 0 aliphatic rings. The Balaban J connectivity index is 1.41. The summed E-state index contributed by atoms with van der Waals surface area (Å²) in [5.74, 6) is 0. The third-order valence-electron chi connectivity index (χ3n) is 9.89. The fraction of sp³-hybridized carbons (Fsp3) is 0. The van der Waals surface area contributed by atoms with Gasteiger partial charge in [-0.15, -0.1) is 0 Å². The van der Waals surface area contributed by atoms with Crippen molar-refractivity contribution in [3.05, 3.63) is 174 Å². The first-order chi connectivity index (χ1) is 25.2. The first-order valence-corrected chi connectivity index (χ1v) is 16.7. The molecule has 0 saturated heterocycles. The van der Waals surface area contributed by atoms with E-state index in [4.69, 9.17) is 0 Å². The van der Waals surface area contributed by atoms with Crippen LogP contribution in [0.1, 0.15) is 16.7 Å². The average Bonchev–Trinajstić information content (AvgIpc) is 3.52. The van der Waals surface area contributed by atoms with Crippen molar-refractivity contribution in [2.45, 2.75) is 0 Å². The summed E-state index contributed by atoms with van der Waals surface area (Å²) in [6, 6.07) is 60.3. The minimum absolute atomic E-state index is 0.548. The Morgan fingerprint density at radius 1 is 0.373 bits per heavy atom. The normalized spacial score (nSPS) is 11.1. The minimum Gasteiger partial charge on any atom is -0.309 e. The maximum absolute atomic E-state index is 10.7. The van der Waals surface area contributed by atoms with E-state index in [0.29, 0.717) is 16.7 Å². The van der Waals surface area contributed by atoms with Crippen molar-refractivity contribution in [3.8, 4) is 57.3 Å². The van der Waals surface area contributed by atoms with Gasteiger partial charge in [-0.05, 0) is 92.3 Å². The standard InChI is InChI=1S/C47H26N4/c48-27-30-21-23-43-40(25-30)41-26-31(28-49)22-24-44(41)51(43)42-20-9-8-18-38(42)46-33(29-50)13-10-19-39(46)47-36-16-6-4-14-34(36)45(32-11-2-1-3-12-32)35-15-5-7-17-37(35)47/h1-26H. The van der Waals surface area contributed by atoms with Crippen LogP contribution in [-0.4, -0.2) is 4.57 Å². The van der Waals surface area contributed by atoms with Crippen LogP contribution in [0.3, 0.4) is 0 Å². The van der Waals surface area contributed by atoms with Gasteiger partial charge in [0, 0.05) is 21.9 Å². The summed E-state index contributed by atoms with van der Waals surface area (Å²) >= 11 is 0. The van der Waals surface area contributed by atoms with Crippen LogP contribution in [-0.2, 0) is 0 Å². The SMILES string of the molecule is N#Cc1ccc2c(c1)c1cc(C#N)ccc1n2-c1ccccc1-c1c(C#N)cccc1-c1c2ccccc2c(-c2ccccc2)c2ccccc12. The minimum atomic E-state index is 0.548. The molecule has 8 aromatic carbocycles. The van der Waals surface area contributed by atoms with E-state index in [0.717, 1.165) is 76.9 Å². The van der Waals surface area contributed by atoms with Crippen molar-refractivity contribution in [2.75, 3.05) is 0 Å². The molecule has 0 aliphatic heterocycles. The van der Waals surface area contributed by atoms with Gasteiger partial charge in [0.1, 0.15) is 0 Å². The van der Waals surface area contributed by atoms with Crippen molar-refractivity contribution < 1.29 is 0 Å². The van der Waals surface area contributed by atoms with Gasteiger partial charge in [-0.25, -0.2) is 0 Å².